The third kappa shape index (κ3) is 2.43. The molecule has 0 saturated heterocycles. The third-order valence-electron chi connectivity index (χ3n) is 3.67. The number of nitrogens with two attached hydrogens (primary N) is 1. The largest absolute Gasteiger partial charge is 0.478 e. The summed E-state index contributed by atoms with van der Waals surface area (Å²) in [4.78, 5) is 12.1. The Morgan fingerprint density at radius 1 is 1.14 bits per heavy atom. The number of carbonyl (C=O) groups is 1. The van der Waals surface area contributed by atoms with E-state index in [1.807, 2.05) is 48.5 Å². The van der Waals surface area contributed by atoms with Gasteiger partial charge in [-0.05, 0) is 29.7 Å². The van der Waals surface area contributed by atoms with Crippen molar-refractivity contribution in [2.75, 3.05) is 0 Å². The maximum absolute atomic E-state index is 11.0. The zero-order chi connectivity index (χ0) is 14.9. The molecular weight excluding hydrogens is 282 g/mol. The molecular formula is C17H15NO2S. The van der Waals surface area contributed by atoms with Crippen LogP contribution in [0.25, 0.3) is 0 Å². The summed E-state index contributed by atoms with van der Waals surface area (Å²) < 4.78 is -0.476. The van der Waals surface area contributed by atoms with E-state index >= 15 is 0 Å². The third-order valence-corrected chi connectivity index (χ3v) is 5.13. The van der Waals surface area contributed by atoms with Gasteiger partial charge in [0, 0.05) is 16.7 Å². The molecule has 0 bridgehead atoms. The number of fused-ring (bicyclic) bond motifs is 1. The fourth-order valence-corrected chi connectivity index (χ4v) is 4.08. The van der Waals surface area contributed by atoms with Gasteiger partial charge in [-0.25, -0.2) is 4.79 Å². The van der Waals surface area contributed by atoms with Gasteiger partial charge in [0.1, 0.15) is 0 Å². The number of carboxylic acids is 1. The van der Waals surface area contributed by atoms with E-state index in [0.717, 1.165) is 23.0 Å². The molecule has 1 unspecified atom stereocenters. The lowest BCUT2D eigenvalue weighted by atomic mass is 9.74. The molecule has 0 amide bonds. The standard InChI is InChI=1S/C17H15NO2S/c18-15(10-16(19)20)17(21-13-7-2-1-3-8-13)11-12-6-4-5-9-14(12)17/h1-10H,11,18H2,(H,19,20). The highest BCUT2D eigenvalue weighted by Crippen LogP contribution is 2.55. The lowest BCUT2D eigenvalue weighted by molar-refractivity contribution is -0.131. The molecule has 3 rings (SSSR count). The van der Waals surface area contributed by atoms with Crippen LogP contribution in [0.1, 0.15) is 11.1 Å². The van der Waals surface area contributed by atoms with Gasteiger partial charge in [-0.3, -0.25) is 0 Å². The maximum Gasteiger partial charge on any atom is 0.330 e. The molecule has 0 spiro atoms. The minimum absolute atomic E-state index is 0.391. The van der Waals surface area contributed by atoms with E-state index in [0.29, 0.717) is 5.70 Å². The molecule has 2 aromatic carbocycles. The van der Waals surface area contributed by atoms with Gasteiger partial charge in [0.05, 0.1) is 4.75 Å². The fourth-order valence-electron chi connectivity index (χ4n) is 2.67. The molecule has 3 N–H and O–H groups in total. The highest BCUT2D eigenvalue weighted by Gasteiger charge is 2.46. The summed E-state index contributed by atoms with van der Waals surface area (Å²) >= 11 is 1.61. The van der Waals surface area contributed by atoms with Gasteiger partial charge in [-0.2, -0.15) is 0 Å². The zero-order valence-electron chi connectivity index (χ0n) is 11.3. The number of thioether (sulfide) groups is 1. The van der Waals surface area contributed by atoms with E-state index in [2.05, 4.69) is 6.07 Å². The van der Waals surface area contributed by atoms with Gasteiger partial charge in [0.25, 0.3) is 0 Å². The van der Waals surface area contributed by atoms with Crippen molar-refractivity contribution in [1.82, 2.24) is 0 Å². The van der Waals surface area contributed by atoms with Crippen molar-refractivity contribution in [3.63, 3.8) is 0 Å². The number of hydrogen-bond acceptors (Lipinski definition) is 3. The molecule has 21 heavy (non-hydrogen) atoms. The number of hydrogen-bond donors (Lipinski definition) is 2. The summed E-state index contributed by atoms with van der Waals surface area (Å²) in [6.07, 6.45) is 1.87. The molecule has 1 aliphatic rings. The Hall–Kier alpha value is -2.20. The van der Waals surface area contributed by atoms with Gasteiger partial charge >= 0.3 is 5.97 Å². The van der Waals surface area contributed by atoms with Gasteiger partial charge < -0.3 is 10.8 Å². The summed E-state index contributed by atoms with van der Waals surface area (Å²) in [5, 5.41) is 9.02. The monoisotopic (exact) mass is 297 g/mol. The van der Waals surface area contributed by atoms with Crippen LogP contribution in [-0.4, -0.2) is 11.1 Å². The Balaban J connectivity index is 2.04. The van der Waals surface area contributed by atoms with Crippen molar-refractivity contribution in [2.45, 2.75) is 16.1 Å². The van der Waals surface area contributed by atoms with Crippen LogP contribution in [-0.2, 0) is 16.0 Å². The second-order valence-corrected chi connectivity index (χ2v) is 6.39. The second kappa shape index (κ2) is 5.30. The molecule has 0 aromatic heterocycles. The quantitative estimate of drug-likeness (QED) is 0.851. The molecule has 4 heteroatoms. The smallest absolute Gasteiger partial charge is 0.330 e. The maximum atomic E-state index is 11.0. The topological polar surface area (TPSA) is 63.3 Å². The number of rotatable bonds is 4. The lowest BCUT2D eigenvalue weighted by Crippen LogP contribution is -2.41. The highest BCUT2D eigenvalue weighted by molar-refractivity contribution is 8.00. The molecule has 0 saturated carbocycles. The van der Waals surface area contributed by atoms with Crippen molar-refractivity contribution in [2.24, 2.45) is 5.73 Å². The normalized spacial score (nSPS) is 20.5. The van der Waals surface area contributed by atoms with Crippen molar-refractivity contribution in [3.8, 4) is 0 Å². The van der Waals surface area contributed by atoms with Crippen LogP contribution in [0.4, 0.5) is 0 Å². The number of carboxylic acid groups (broad SMARTS) is 1. The Morgan fingerprint density at radius 3 is 2.48 bits per heavy atom. The van der Waals surface area contributed by atoms with E-state index in [9.17, 15) is 4.79 Å². The van der Waals surface area contributed by atoms with E-state index in [4.69, 9.17) is 10.8 Å². The van der Waals surface area contributed by atoms with Gasteiger partial charge in [-0.15, -0.1) is 11.8 Å². The molecule has 1 aliphatic carbocycles. The Morgan fingerprint density at radius 2 is 1.81 bits per heavy atom. The Kier molecular flexibility index (Phi) is 3.47. The van der Waals surface area contributed by atoms with Crippen LogP contribution < -0.4 is 5.73 Å². The first-order valence-corrected chi connectivity index (χ1v) is 7.46. The Bertz CT molecular complexity index is 712. The number of benzene rings is 2. The van der Waals surface area contributed by atoms with E-state index in [1.165, 1.54) is 5.56 Å². The summed E-state index contributed by atoms with van der Waals surface area (Å²) in [6.45, 7) is 0. The minimum Gasteiger partial charge on any atom is -0.478 e. The SMILES string of the molecule is NC(=CC(=O)O)C1(Sc2ccccc2)Cc2ccccc21. The molecule has 106 valence electrons. The molecule has 0 fully saturated rings. The van der Waals surface area contributed by atoms with Crippen LogP contribution in [0.2, 0.25) is 0 Å². The summed E-state index contributed by atoms with van der Waals surface area (Å²) in [5.74, 6) is -1.01. The summed E-state index contributed by atoms with van der Waals surface area (Å²) in [7, 11) is 0. The van der Waals surface area contributed by atoms with Crippen LogP contribution in [0.15, 0.2) is 71.3 Å². The van der Waals surface area contributed by atoms with Gasteiger partial charge in [0.2, 0.25) is 0 Å². The van der Waals surface area contributed by atoms with Gasteiger partial charge in [-0.1, -0.05) is 42.5 Å². The first kappa shape index (κ1) is 13.8. The molecule has 0 aliphatic heterocycles. The predicted octanol–water partition coefficient (Wildman–Crippen LogP) is 3.16. The second-order valence-electron chi connectivity index (χ2n) is 5.01. The molecule has 0 heterocycles. The van der Waals surface area contributed by atoms with Crippen LogP contribution in [0.5, 0.6) is 0 Å². The average Bonchev–Trinajstić information content (AvgIpc) is 2.45. The molecule has 0 radical (unpaired) electrons. The first-order valence-electron chi connectivity index (χ1n) is 6.65. The highest BCUT2D eigenvalue weighted by atomic mass is 32.2. The predicted molar refractivity (Wildman–Crippen MR) is 84.0 cm³/mol. The molecule has 2 aromatic rings. The lowest BCUT2D eigenvalue weighted by Gasteiger charge is -2.44. The molecule has 3 nitrogen and oxygen atoms in total. The molecule has 1 atom stereocenters. The van der Waals surface area contributed by atoms with Crippen molar-refractivity contribution in [3.05, 3.63) is 77.5 Å². The van der Waals surface area contributed by atoms with Crippen molar-refractivity contribution >= 4 is 17.7 Å². The summed E-state index contributed by atoms with van der Waals surface area (Å²) in [5.41, 5.74) is 8.86. The zero-order valence-corrected chi connectivity index (χ0v) is 12.1. The van der Waals surface area contributed by atoms with Crippen molar-refractivity contribution in [1.29, 1.82) is 0 Å². The number of aliphatic carboxylic acids is 1. The average molecular weight is 297 g/mol. The minimum atomic E-state index is -1.01. The van der Waals surface area contributed by atoms with Crippen molar-refractivity contribution < 1.29 is 9.90 Å². The van der Waals surface area contributed by atoms with E-state index < -0.39 is 10.7 Å². The van der Waals surface area contributed by atoms with E-state index in [-0.39, 0.29) is 0 Å². The van der Waals surface area contributed by atoms with E-state index in [1.54, 1.807) is 11.8 Å². The van der Waals surface area contributed by atoms with Crippen LogP contribution in [0.3, 0.4) is 0 Å². The van der Waals surface area contributed by atoms with Crippen LogP contribution >= 0.6 is 11.8 Å². The van der Waals surface area contributed by atoms with Gasteiger partial charge in [0.15, 0.2) is 0 Å². The fraction of sp³-hybridized carbons (Fsp3) is 0.118. The summed E-state index contributed by atoms with van der Waals surface area (Å²) in [6, 6.07) is 18.0. The Labute approximate surface area is 127 Å². The van der Waals surface area contributed by atoms with Crippen LogP contribution in [0, 0.1) is 0 Å². The first-order chi connectivity index (χ1) is 10.1.